The maximum absolute atomic E-state index is 12.4. The van der Waals surface area contributed by atoms with Crippen LogP contribution in [-0.4, -0.2) is 37.5 Å². The second kappa shape index (κ2) is 9.23. The normalized spacial score (nSPS) is 15.9. The molecule has 7 nitrogen and oxygen atoms in total. The van der Waals surface area contributed by atoms with Gasteiger partial charge >= 0.3 is 5.97 Å². The molecule has 1 N–H and O–H groups in total. The van der Waals surface area contributed by atoms with Crippen LogP contribution in [0.1, 0.15) is 18.9 Å². The van der Waals surface area contributed by atoms with Crippen LogP contribution in [0.4, 0.5) is 11.4 Å². The summed E-state index contributed by atoms with van der Waals surface area (Å²) >= 11 is 0. The number of rotatable bonds is 7. The minimum Gasteiger partial charge on any atom is -0.492 e. The van der Waals surface area contributed by atoms with Gasteiger partial charge in [0, 0.05) is 18.7 Å². The number of hydrogen-bond acceptors (Lipinski definition) is 5. The lowest BCUT2D eigenvalue weighted by atomic mass is 10.1. The van der Waals surface area contributed by atoms with Gasteiger partial charge in [0.05, 0.1) is 18.2 Å². The number of carbonyl (C=O) groups excluding carboxylic acids is 3. The van der Waals surface area contributed by atoms with E-state index in [1.54, 1.807) is 18.2 Å². The summed E-state index contributed by atoms with van der Waals surface area (Å²) in [6.07, 6.45) is 0.0405. The van der Waals surface area contributed by atoms with E-state index in [0.29, 0.717) is 23.7 Å². The Labute approximate surface area is 169 Å². The quantitative estimate of drug-likeness (QED) is 0.728. The molecule has 1 saturated heterocycles. The van der Waals surface area contributed by atoms with Crippen molar-refractivity contribution >= 4 is 29.2 Å². The van der Waals surface area contributed by atoms with Gasteiger partial charge in [-0.15, -0.1) is 0 Å². The lowest BCUT2D eigenvalue weighted by Crippen LogP contribution is -2.28. The molecule has 3 rings (SSSR count). The van der Waals surface area contributed by atoms with Gasteiger partial charge in [-0.05, 0) is 43.7 Å². The van der Waals surface area contributed by atoms with E-state index in [2.05, 4.69) is 5.32 Å². The largest absolute Gasteiger partial charge is 0.492 e. The maximum atomic E-state index is 12.4. The van der Waals surface area contributed by atoms with Gasteiger partial charge in [0.1, 0.15) is 5.75 Å². The average molecular weight is 396 g/mol. The lowest BCUT2D eigenvalue weighted by Gasteiger charge is -2.19. The van der Waals surface area contributed by atoms with E-state index in [1.165, 1.54) is 4.90 Å². The number of nitrogens with one attached hydrogen (secondary N) is 1. The maximum Gasteiger partial charge on any atom is 0.311 e. The van der Waals surface area contributed by atoms with Gasteiger partial charge in [-0.1, -0.05) is 24.3 Å². The lowest BCUT2D eigenvalue weighted by molar-refractivity contribution is -0.151. The Morgan fingerprint density at radius 1 is 1.17 bits per heavy atom. The van der Waals surface area contributed by atoms with Crippen LogP contribution in [-0.2, 0) is 19.1 Å². The molecular weight excluding hydrogens is 372 g/mol. The summed E-state index contributed by atoms with van der Waals surface area (Å²) in [5, 5.41) is 2.68. The minimum absolute atomic E-state index is 0.0405. The van der Waals surface area contributed by atoms with Crippen LogP contribution in [0.5, 0.6) is 5.75 Å². The van der Waals surface area contributed by atoms with E-state index < -0.39 is 24.4 Å². The zero-order chi connectivity index (χ0) is 20.8. The molecule has 0 radical (unpaired) electrons. The number of benzene rings is 2. The Kier molecular flexibility index (Phi) is 6.49. The molecule has 2 aromatic rings. The summed E-state index contributed by atoms with van der Waals surface area (Å²) in [4.78, 5) is 38.4. The van der Waals surface area contributed by atoms with Gasteiger partial charge in [0.25, 0.3) is 5.91 Å². The van der Waals surface area contributed by atoms with Crippen molar-refractivity contribution in [3.63, 3.8) is 0 Å². The first-order valence-corrected chi connectivity index (χ1v) is 9.53. The molecule has 1 fully saturated rings. The summed E-state index contributed by atoms with van der Waals surface area (Å²) in [6.45, 7) is 4.06. The third-order valence-electron chi connectivity index (χ3n) is 4.56. The topological polar surface area (TPSA) is 84.9 Å². The Balaban J connectivity index is 1.56. The summed E-state index contributed by atoms with van der Waals surface area (Å²) < 4.78 is 10.7. The summed E-state index contributed by atoms with van der Waals surface area (Å²) in [5.74, 6) is -1.19. The monoisotopic (exact) mass is 396 g/mol. The van der Waals surface area contributed by atoms with Crippen molar-refractivity contribution in [3.05, 3.63) is 54.1 Å². The Morgan fingerprint density at radius 3 is 2.72 bits per heavy atom. The number of aryl methyl sites for hydroxylation is 1. The van der Waals surface area contributed by atoms with Crippen molar-refractivity contribution in [2.45, 2.75) is 20.3 Å². The molecule has 0 spiro atoms. The van der Waals surface area contributed by atoms with E-state index in [0.717, 1.165) is 5.56 Å². The molecule has 2 aromatic carbocycles. The van der Waals surface area contributed by atoms with E-state index in [4.69, 9.17) is 9.47 Å². The second-order valence-corrected chi connectivity index (χ2v) is 6.83. The van der Waals surface area contributed by atoms with Crippen molar-refractivity contribution in [1.82, 2.24) is 0 Å². The first kappa shape index (κ1) is 20.4. The number of nitrogens with zero attached hydrogens (tertiary/aromatic N) is 1. The molecule has 1 aliphatic heterocycles. The van der Waals surface area contributed by atoms with Crippen LogP contribution in [0.3, 0.4) is 0 Å². The van der Waals surface area contributed by atoms with Gasteiger partial charge < -0.3 is 19.7 Å². The third kappa shape index (κ3) is 5.13. The highest BCUT2D eigenvalue weighted by atomic mass is 16.5. The van der Waals surface area contributed by atoms with Gasteiger partial charge in [-0.3, -0.25) is 14.4 Å². The fraction of sp³-hybridized carbons (Fsp3) is 0.318. The molecule has 7 heteroatoms. The van der Waals surface area contributed by atoms with Crippen LogP contribution in [0, 0.1) is 12.8 Å². The number of para-hydroxylation sites is 2. The van der Waals surface area contributed by atoms with Gasteiger partial charge in [-0.25, -0.2) is 0 Å². The zero-order valence-electron chi connectivity index (χ0n) is 16.5. The molecule has 0 unspecified atom stereocenters. The smallest absolute Gasteiger partial charge is 0.311 e. The van der Waals surface area contributed by atoms with E-state index in [9.17, 15) is 14.4 Å². The van der Waals surface area contributed by atoms with E-state index in [1.807, 2.05) is 44.2 Å². The minimum atomic E-state index is -0.621. The van der Waals surface area contributed by atoms with Crippen LogP contribution >= 0.6 is 0 Å². The van der Waals surface area contributed by atoms with Crippen LogP contribution in [0.25, 0.3) is 0 Å². The highest BCUT2D eigenvalue weighted by molar-refractivity contribution is 6.01. The average Bonchev–Trinajstić information content (AvgIpc) is 3.08. The number of hydrogen-bond donors (Lipinski definition) is 1. The predicted octanol–water partition coefficient (Wildman–Crippen LogP) is 2.93. The first-order chi connectivity index (χ1) is 14.0. The van der Waals surface area contributed by atoms with Crippen molar-refractivity contribution in [2.75, 3.05) is 30.0 Å². The van der Waals surface area contributed by atoms with Crippen molar-refractivity contribution < 1.29 is 23.9 Å². The molecule has 0 bridgehead atoms. The molecule has 29 heavy (non-hydrogen) atoms. The fourth-order valence-electron chi connectivity index (χ4n) is 3.23. The SMILES string of the molecule is CCOc1ccccc1N1C[C@@H](C(=O)OCC(=O)Nc2cccc(C)c2)CC1=O. The number of ether oxygens (including phenoxy) is 2. The zero-order valence-corrected chi connectivity index (χ0v) is 16.5. The molecule has 152 valence electrons. The number of carbonyl (C=O) groups is 3. The molecule has 2 amide bonds. The number of anilines is 2. The Bertz CT molecular complexity index is 912. The molecule has 0 aromatic heterocycles. The first-order valence-electron chi connectivity index (χ1n) is 9.53. The van der Waals surface area contributed by atoms with Crippen LogP contribution in [0.2, 0.25) is 0 Å². The van der Waals surface area contributed by atoms with Crippen molar-refractivity contribution in [2.24, 2.45) is 5.92 Å². The molecular formula is C22H24N2O5. The fourth-order valence-corrected chi connectivity index (χ4v) is 3.23. The number of esters is 1. The Hall–Kier alpha value is -3.35. The third-order valence-corrected chi connectivity index (χ3v) is 4.56. The van der Waals surface area contributed by atoms with Gasteiger partial charge in [0.2, 0.25) is 5.91 Å². The van der Waals surface area contributed by atoms with E-state index in [-0.39, 0.29) is 18.9 Å². The molecule has 1 aliphatic rings. The molecule has 1 atom stereocenters. The van der Waals surface area contributed by atoms with Gasteiger partial charge in [0.15, 0.2) is 6.61 Å². The molecule has 0 aliphatic carbocycles. The van der Waals surface area contributed by atoms with Crippen LogP contribution < -0.4 is 15.0 Å². The summed E-state index contributed by atoms with van der Waals surface area (Å²) in [7, 11) is 0. The standard InChI is InChI=1S/C22H24N2O5/c1-3-28-19-10-5-4-9-18(19)24-13-16(12-21(24)26)22(27)29-14-20(25)23-17-8-6-7-15(2)11-17/h4-11,16H,3,12-14H2,1-2H3,(H,23,25)/t16-/m0/s1. The Morgan fingerprint density at radius 2 is 1.97 bits per heavy atom. The molecule has 0 saturated carbocycles. The second-order valence-electron chi connectivity index (χ2n) is 6.83. The van der Waals surface area contributed by atoms with Gasteiger partial charge in [-0.2, -0.15) is 0 Å². The number of amides is 2. The van der Waals surface area contributed by atoms with E-state index >= 15 is 0 Å². The summed E-state index contributed by atoms with van der Waals surface area (Å²) in [6, 6.07) is 14.5. The van der Waals surface area contributed by atoms with Crippen molar-refractivity contribution in [1.29, 1.82) is 0 Å². The molecule has 1 heterocycles. The van der Waals surface area contributed by atoms with Crippen LogP contribution in [0.15, 0.2) is 48.5 Å². The predicted molar refractivity (Wildman–Crippen MR) is 109 cm³/mol. The summed E-state index contributed by atoms with van der Waals surface area (Å²) in [5.41, 5.74) is 2.28. The highest BCUT2D eigenvalue weighted by Gasteiger charge is 2.37. The van der Waals surface area contributed by atoms with Crippen molar-refractivity contribution in [3.8, 4) is 5.75 Å². The highest BCUT2D eigenvalue weighted by Crippen LogP contribution is 2.33.